The van der Waals surface area contributed by atoms with E-state index < -0.39 is 12.1 Å². The number of ether oxygens (including phenoxy) is 2. The fourth-order valence-corrected chi connectivity index (χ4v) is 3.30. The Kier molecular flexibility index (Phi) is 6.42. The second-order valence-electron chi connectivity index (χ2n) is 6.21. The Hall–Kier alpha value is -1.13. The lowest BCUT2D eigenvalue weighted by molar-refractivity contribution is -0.143. The zero-order chi connectivity index (χ0) is 16.9. The van der Waals surface area contributed by atoms with Crippen LogP contribution in [0.5, 0.6) is 0 Å². The van der Waals surface area contributed by atoms with Gasteiger partial charge >= 0.3 is 5.97 Å². The van der Waals surface area contributed by atoms with E-state index in [4.69, 9.17) is 21.1 Å². The van der Waals surface area contributed by atoms with Crippen LogP contribution >= 0.6 is 11.6 Å². The maximum Gasteiger partial charge on any atom is 0.306 e. The molecule has 1 saturated heterocycles. The van der Waals surface area contributed by atoms with Crippen LogP contribution in [0.3, 0.4) is 0 Å². The number of alkyl halides is 1. The molecule has 0 spiro atoms. The van der Waals surface area contributed by atoms with E-state index >= 15 is 0 Å². The van der Waals surface area contributed by atoms with Crippen LogP contribution in [0.15, 0.2) is 18.2 Å². The van der Waals surface area contributed by atoms with Gasteiger partial charge in [-0.1, -0.05) is 24.6 Å². The van der Waals surface area contributed by atoms with Crippen molar-refractivity contribution in [1.29, 1.82) is 0 Å². The molecule has 0 N–H and O–H groups in total. The molecule has 23 heavy (non-hydrogen) atoms. The minimum atomic E-state index is -0.526. The lowest BCUT2D eigenvalue weighted by Gasteiger charge is -2.35. The van der Waals surface area contributed by atoms with Crippen molar-refractivity contribution in [3.63, 3.8) is 0 Å². The van der Waals surface area contributed by atoms with Gasteiger partial charge in [-0.05, 0) is 48.9 Å². The first kappa shape index (κ1) is 18.2. The molecule has 0 amide bonds. The fraction of sp³-hybridized carbons (Fsp3) is 0.611. The van der Waals surface area contributed by atoms with Crippen molar-refractivity contribution < 1.29 is 18.7 Å². The summed E-state index contributed by atoms with van der Waals surface area (Å²) in [5.41, 5.74) is 1.32. The number of benzene rings is 1. The predicted octanol–water partition coefficient (Wildman–Crippen LogP) is 4.41. The number of carbonyl (C=O) groups is 1. The van der Waals surface area contributed by atoms with Crippen molar-refractivity contribution >= 4 is 17.6 Å². The average molecular weight is 343 g/mol. The highest BCUT2D eigenvalue weighted by atomic mass is 35.5. The zero-order valence-electron chi connectivity index (χ0n) is 13.7. The van der Waals surface area contributed by atoms with Crippen molar-refractivity contribution in [3.8, 4) is 0 Å². The van der Waals surface area contributed by atoms with Gasteiger partial charge in [0.25, 0.3) is 0 Å². The van der Waals surface area contributed by atoms with Gasteiger partial charge in [0.15, 0.2) is 0 Å². The number of hydrogen-bond acceptors (Lipinski definition) is 3. The molecule has 5 heteroatoms. The molecule has 3 nitrogen and oxygen atoms in total. The maximum absolute atomic E-state index is 13.8. The highest BCUT2D eigenvalue weighted by Gasteiger charge is 2.35. The van der Waals surface area contributed by atoms with Crippen LogP contribution in [0.1, 0.15) is 50.2 Å². The SMILES string of the molecule is CCOC(=O)CC(C)c1cc(Cl)cc(C2(CF)CCOCC2)c1. The van der Waals surface area contributed by atoms with E-state index in [1.54, 1.807) is 6.92 Å². The number of halogens is 2. The summed E-state index contributed by atoms with van der Waals surface area (Å²) in [6, 6.07) is 5.67. The van der Waals surface area contributed by atoms with E-state index in [2.05, 4.69) is 0 Å². The number of rotatable bonds is 6. The Balaban J connectivity index is 2.25. The standard InChI is InChI=1S/C18H24ClFO3/c1-3-23-17(21)8-13(2)14-9-15(11-16(19)10-14)18(12-20)4-6-22-7-5-18/h9-11,13H,3-8,12H2,1-2H3. The molecular formula is C18H24ClFO3. The molecule has 1 aromatic carbocycles. The molecule has 0 radical (unpaired) electrons. The van der Waals surface area contributed by atoms with Crippen LogP contribution in [0.25, 0.3) is 0 Å². The normalized spacial score (nSPS) is 18.4. The first-order valence-corrected chi connectivity index (χ1v) is 8.49. The van der Waals surface area contributed by atoms with E-state index in [1.807, 2.05) is 25.1 Å². The van der Waals surface area contributed by atoms with Gasteiger partial charge in [0.2, 0.25) is 0 Å². The maximum atomic E-state index is 13.8. The molecule has 1 fully saturated rings. The molecule has 0 aliphatic carbocycles. The average Bonchev–Trinajstić information content (AvgIpc) is 2.55. The van der Waals surface area contributed by atoms with Crippen molar-refractivity contribution in [3.05, 3.63) is 34.3 Å². The lowest BCUT2D eigenvalue weighted by atomic mass is 9.74. The Morgan fingerprint density at radius 3 is 2.70 bits per heavy atom. The van der Waals surface area contributed by atoms with Gasteiger partial charge in [-0.3, -0.25) is 9.18 Å². The first-order valence-electron chi connectivity index (χ1n) is 8.11. The number of carbonyl (C=O) groups excluding carboxylic acids is 1. The fourth-order valence-electron chi connectivity index (χ4n) is 3.05. The summed E-state index contributed by atoms with van der Waals surface area (Å²) in [4.78, 5) is 11.7. The smallest absolute Gasteiger partial charge is 0.306 e. The quantitative estimate of drug-likeness (QED) is 0.718. The summed E-state index contributed by atoms with van der Waals surface area (Å²) in [7, 11) is 0. The zero-order valence-corrected chi connectivity index (χ0v) is 14.5. The van der Waals surface area contributed by atoms with Gasteiger partial charge in [-0.15, -0.1) is 0 Å². The molecule has 1 heterocycles. The van der Waals surface area contributed by atoms with Crippen LogP contribution in [0.2, 0.25) is 5.02 Å². The monoisotopic (exact) mass is 342 g/mol. The van der Waals surface area contributed by atoms with E-state index in [0.29, 0.717) is 44.1 Å². The summed E-state index contributed by atoms with van der Waals surface area (Å²) in [5.74, 6) is -0.254. The van der Waals surface area contributed by atoms with Crippen LogP contribution in [0, 0.1) is 0 Å². The van der Waals surface area contributed by atoms with Gasteiger partial charge in [0.05, 0.1) is 19.7 Å². The minimum absolute atomic E-state index is 0.0250. The van der Waals surface area contributed by atoms with Gasteiger partial charge in [0.1, 0.15) is 0 Å². The van der Waals surface area contributed by atoms with Crippen molar-refractivity contribution in [2.24, 2.45) is 0 Å². The van der Waals surface area contributed by atoms with E-state index in [0.717, 1.165) is 11.1 Å². The molecule has 2 rings (SSSR count). The van der Waals surface area contributed by atoms with Crippen LogP contribution in [-0.2, 0) is 19.7 Å². The molecule has 1 atom stereocenters. The number of esters is 1. The summed E-state index contributed by atoms with van der Waals surface area (Å²) < 4.78 is 24.2. The van der Waals surface area contributed by atoms with Gasteiger partial charge in [-0.2, -0.15) is 0 Å². The Morgan fingerprint density at radius 2 is 2.09 bits per heavy atom. The molecular weight excluding hydrogens is 319 g/mol. The second kappa shape index (κ2) is 8.11. The number of hydrogen-bond donors (Lipinski definition) is 0. The highest BCUT2D eigenvalue weighted by molar-refractivity contribution is 6.30. The van der Waals surface area contributed by atoms with E-state index in [-0.39, 0.29) is 11.9 Å². The first-order chi connectivity index (χ1) is 11.0. The summed E-state index contributed by atoms with van der Waals surface area (Å²) in [6.07, 6.45) is 1.59. The molecule has 128 valence electrons. The van der Waals surface area contributed by atoms with Crippen LogP contribution in [-0.4, -0.2) is 32.5 Å². The second-order valence-corrected chi connectivity index (χ2v) is 6.65. The van der Waals surface area contributed by atoms with Crippen molar-refractivity contribution in [2.45, 2.75) is 44.4 Å². The molecule has 0 bridgehead atoms. The van der Waals surface area contributed by atoms with Gasteiger partial charge < -0.3 is 9.47 Å². The van der Waals surface area contributed by atoms with Crippen LogP contribution in [0.4, 0.5) is 4.39 Å². The van der Waals surface area contributed by atoms with E-state index in [1.165, 1.54) is 0 Å². The lowest BCUT2D eigenvalue weighted by Crippen LogP contribution is -2.36. The van der Waals surface area contributed by atoms with E-state index in [9.17, 15) is 9.18 Å². The Morgan fingerprint density at radius 1 is 1.39 bits per heavy atom. The molecule has 1 aromatic rings. The molecule has 1 aliphatic heterocycles. The Labute approximate surface area is 142 Å². The largest absolute Gasteiger partial charge is 0.466 e. The predicted molar refractivity (Wildman–Crippen MR) is 88.8 cm³/mol. The van der Waals surface area contributed by atoms with Crippen LogP contribution < -0.4 is 0 Å². The highest BCUT2D eigenvalue weighted by Crippen LogP contribution is 2.38. The Bertz CT molecular complexity index is 541. The molecule has 0 saturated carbocycles. The third-order valence-corrected chi connectivity index (χ3v) is 4.80. The summed E-state index contributed by atoms with van der Waals surface area (Å²) in [6.45, 7) is 4.81. The molecule has 0 aromatic heterocycles. The van der Waals surface area contributed by atoms with Crippen molar-refractivity contribution in [2.75, 3.05) is 26.5 Å². The summed E-state index contributed by atoms with van der Waals surface area (Å²) >= 11 is 6.26. The molecule has 1 aliphatic rings. The third-order valence-electron chi connectivity index (χ3n) is 4.59. The third kappa shape index (κ3) is 4.45. The minimum Gasteiger partial charge on any atom is -0.466 e. The van der Waals surface area contributed by atoms with Gasteiger partial charge in [0, 0.05) is 23.7 Å². The van der Waals surface area contributed by atoms with Crippen molar-refractivity contribution in [1.82, 2.24) is 0 Å². The van der Waals surface area contributed by atoms with Gasteiger partial charge in [-0.25, -0.2) is 0 Å². The molecule has 1 unspecified atom stereocenters. The summed E-state index contributed by atoms with van der Waals surface area (Å²) in [5, 5.41) is 0.576. The topological polar surface area (TPSA) is 35.5 Å².